The van der Waals surface area contributed by atoms with Gasteiger partial charge in [0.15, 0.2) is 16.7 Å². The third-order valence-corrected chi connectivity index (χ3v) is 5.04. The Morgan fingerprint density at radius 2 is 2.03 bits per heavy atom. The zero-order valence-electron chi connectivity index (χ0n) is 16.1. The minimum Gasteiger partial charge on any atom is -0.327 e. The maximum absolute atomic E-state index is 13.3. The van der Waals surface area contributed by atoms with Crippen molar-refractivity contribution in [2.45, 2.75) is 19.5 Å². The first kappa shape index (κ1) is 20.7. The Labute approximate surface area is 180 Å². The van der Waals surface area contributed by atoms with Gasteiger partial charge in [-0.1, -0.05) is 0 Å². The Morgan fingerprint density at radius 3 is 2.63 bits per heavy atom. The zero-order chi connectivity index (χ0) is 22.9. The van der Waals surface area contributed by atoms with E-state index < -0.39 is 16.2 Å². The largest absolute Gasteiger partial charge is 0.394 e. The molecule has 0 radical (unpaired) electrons. The third kappa shape index (κ3) is 5.14. The van der Waals surface area contributed by atoms with Gasteiger partial charge in [-0.25, -0.2) is 9.37 Å². The summed E-state index contributed by atoms with van der Waals surface area (Å²) in [6, 6.07) is 3.11. The van der Waals surface area contributed by atoms with Crippen LogP contribution in [0.5, 0.6) is 0 Å². The lowest BCUT2D eigenvalue weighted by molar-refractivity contribution is 0.0638. The predicted molar refractivity (Wildman–Crippen MR) is 104 cm³/mol. The number of carbonyl (C=O) groups excluding carboxylic acids is 1. The number of amides is 1. The van der Waals surface area contributed by atoms with Crippen molar-refractivity contribution in [3.05, 3.63) is 46.7 Å². The topological polar surface area (TPSA) is 151 Å². The fraction of sp³-hybridized carbons (Fsp3) is 0.267. The second kappa shape index (κ2) is 8.69. The summed E-state index contributed by atoms with van der Waals surface area (Å²) >= 11 is 6.92. The Kier molecular flexibility index (Phi) is 6.01. The summed E-state index contributed by atoms with van der Waals surface area (Å²) < 4.78 is 58.3. The fourth-order valence-corrected chi connectivity index (χ4v) is 3.62. The van der Waals surface area contributed by atoms with E-state index in [9.17, 15) is 9.18 Å². The van der Waals surface area contributed by atoms with Gasteiger partial charge in [0.05, 0.1) is 7.41 Å². The number of carbonyl (C=O) groups is 1. The molecule has 2 aromatic heterocycles. The molecule has 0 unspecified atom stereocenters. The van der Waals surface area contributed by atoms with Crippen molar-refractivity contribution in [1.29, 1.82) is 0 Å². The van der Waals surface area contributed by atoms with E-state index in [1.54, 1.807) is 4.90 Å². The summed E-state index contributed by atoms with van der Waals surface area (Å²) in [6.45, 7) is 2.76. The minimum atomic E-state index is -4.67. The molecular weight excluding hydrogens is 463 g/mol. The van der Waals surface area contributed by atoms with Gasteiger partial charge in [0, 0.05) is 18.7 Å². The molecule has 3 aromatic rings. The van der Waals surface area contributed by atoms with Crippen LogP contribution in [-0.4, -0.2) is 59.0 Å². The molecule has 1 amide bonds. The molecular formula is C15H14ClFN6O5S2. The van der Waals surface area contributed by atoms with E-state index in [0.29, 0.717) is 29.7 Å². The molecule has 1 atom stereocenters. The van der Waals surface area contributed by atoms with Gasteiger partial charge in [0.2, 0.25) is 5.28 Å². The molecule has 30 heavy (non-hydrogen) atoms. The second-order valence-electron chi connectivity index (χ2n) is 5.95. The molecule has 0 aliphatic carbocycles. The van der Waals surface area contributed by atoms with E-state index in [1.165, 1.54) is 12.1 Å². The first-order valence-corrected chi connectivity index (χ1v) is 10.7. The molecule has 1 aromatic carbocycles. The van der Waals surface area contributed by atoms with Gasteiger partial charge in [0.1, 0.15) is 5.82 Å². The van der Waals surface area contributed by atoms with Crippen LogP contribution in [0.15, 0.2) is 24.2 Å². The highest BCUT2D eigenvalue weighted by molar-refractivity contribution is 7.79. The van der Waals surface area contributed by atoms with Gasteiger partial charge < -0.3 is 9.47 Å². The average Bonchev–Trinajstić information content (AvgIpc) is 3.29. The first-order chi connectivity index (χ1) is 14.5. The number of nitrogens with zero attached hydrogens (tertiary/aromatic N) is 6. The molecule has 4 rings (SSSR count). The summed E-state index contributed by atoms with van der Waals surface area (Å²) in [7, 11) is -4.67. The van der Waals surface area contributed by atoms with E-state index >= 15 is 0 Å². The lowest BCUT2D eigenvalue weighted by atomic mass is 10.1. The molecule has 3 heterocycles. The molecule has 2 N–H and O–H groups in total. The monoisotopic (exact) mass is 477 g/mol. The van der Waals surface area contributed by atoms with E-state index in [4.69, 9.17) is 30.5 Å². The lowest BCUT2D eigenvalue weighted by Gasteiger charge is -2.33. The fourth-order valence-electron chi connectivity index (χ4n) is 2.82. The van der Waals surface area contributed by atoms with Gasteiger partial charge in [-0.15, -0.1) is 10.2 Å². The van der Waals surface area contributed by atoms with Crippen LogP contribution in [0.3, 0.4) is 0 Å². The predicted octanol–water partition coefficient (Wildman–Crippen LogP) is 2.15. The Morgan fingerprint density at radius 1 is 1.33 bits per heavy atom. The van der Waals surface area contributed by atoms with Crippen molar-refractivity contribution in [3.8, 4) is 10.8 Å². The van der Waals surface area contributed by atoms with Crippen molar-refractivity contribution in [2.75, 3.05) is 6.54 Å². The van der Waals surface area contributed by atoms with Crippen molar-refractivity contribution < 1.29 is 28.1 Å². The Hall–Kier alpha value is -2.52. The second-order valence-corrected chi connectivity index (χ2v) is 7.94. The van der Waals surface area contributed by atoms with Crippen LogP contribution >= 0.6 is 23.1 Å². The number of fused-ring (bicyclic) bond motifs is 1. The van der Waals surface area contributed by atoms with E-state index in [2.05, 4.69) is 19.6 Å². The van der Waals surface area contributed by atoms with Crippen LogP contribution in [0.4, 0.5) is 4.39 Å². The van der Waals surface area contributed by atoms with Crippen molar-refractivity contribution in [1.82, 2.24) is 29.0 Å². The number of hydrogen-bond donors (Lipinski definition) is 2. The summed E-state index contributed by atoms with van der Waals surface area (Å²) in [6.07, 6.45) is 0. The number of aromatic nitrogens is 5. The van der Waals surface area contributed by atoms with Crippen LogP contribution in [0.2, 0.25) is 5.28 Å². The molecule has 0 spiro atoms. The van der Waals surface area contributed by atoms with Crippen molar-refractivity contribution >= 4 is 39.4 Å². The van der Waals surface area contributed by atoms with Crippen LogP contribution in [0, 0.1) is 5.82 Å². The molecule has 1 aliphatic heterocycles. The van der Waals surface area contributed by atoms with Crippen LogP contribution in [-0.2, 0) is 16.9 Å². The van der Waals surface area contributed by atoms with E-state index in [1.807, 2.05) is 11.5 Å². The standard InChI is InChI=1S/C15H12ClFN6OS.H2O4S/c1-8-11-19-20-12(13-18-15(16)21-25-13)23(11)7-6-22(8)14(24)9-2-4-10(17)5-3-9;1-5(2,3)4/h2-5,8H,6-7H2,1H3;(H2,1,2,3,4)/t8-;/m1./s1/i4D;. The Balaban J connectivity index is 0.000000491. The molecule has 1 aliphatic rings. The van der Waals surface area contributed by atoms with Gasteiger partial charge >= 0.3 is 10.4 Å². The van der Waals surface area contributed by atoms with Gasteiger partial charge in [-0.3, -0.25) is 13.9 Å². The third-order valence-electron chi connectivity index (χ3n) is 4.06. The zero-order valence-corrected chi connectivity index (χ0v) is 17.5. The Bertz CT molecular complexity index is 1230. The molecule has 0 saturated carbocycles. The first-order valence-electron chi connectivity index (χ1n) is 8.65. The van der Waals surface area contributed by atoms with Crippen LogP contribution < -0.4 is 0 Å². The summed E-state index contributed by atoms with van der Waals surface area (Å²) in [5.74, 6) is 0.256. The number of halogens is 2. The highest BCUT2D eigenvalue weighted by Crippen LogP contribution is 2.30. The minimum absolute atomic E-state index is 0.158. The average molecular weight is 478 g/mol. The number of hydrogen-bond acceptors (Lipinski definition) is 8. The van der Waals surface area contributed by atoms with Gasteiger partial charge in [-0.05, 0) is 54.3 Å². The van der Waals surface area contributed by atoms with Crippen molar-refractivity contribution in [2.24, 2.45) is 0 Å². The number of rotatable bonds is 2. The molecule has 160 valence electrons. The molecule has 15 heteroatoms. The van der Waals surface area contributed by atoms with Gasteiger partial charge in [0.25, 0.3) is 5.91 Å². The SMILES string of the molecule is O=S(=O)(O)O.[2H]c1cc(C(=O)N2CCn3c(-c4nc(Cl)ns4)nnc3[C@H]2C)ccc1F. The van der Waals surface area contributed by atoms with Crippen LogP contribution in [0.25, 0.3) is 10.8 Å². The summed E-state index contributed by atoms with van der Waals surface area (Å²) in [5.41, 5.74) is 0.271. The highest BCUT2D eigenvalue weighted by atomic mass is 35.5. The van der Waals surface area contributed by atoms with E-state index in [-0.39, 0.29) is 28.8 Å². The summed E-state index contributed by atoms with van der Waals surface area (Å²) in [5, 5.41) is 9.09. The molecule has 0 fully saturated rings. The number of benzene rings is 1. The lowest BCUT2D eigenvalue weighted by Crippen LogP contribution is -2.41. The smallest absolute Gasteiger partial charge is 0.327 e. The quantitative estimate of drug-likeness (QED) is 0.528. The maximum atomic E-state index is 13.3. The molecule has 0 bridgehead atoms. The van der Waals surface area contributed by atoms with Crippen molar-refractivity contribution in [3.63, 3.8) is 0 Å². The van der Waals surface area contributed by atoms with Crippen LogP contribution in [0.1, 0.15) is 30.5 Å². The molecule has 11 nitrogen and oxygen atoms in total. The molecule has 0 saturated heterocycles. The van der Waals surface area contributed by atoms with E-state index in [0.717, 1.165) is 17.6 Å². The summed E-state index contributed by atoms with van der Waals surface area (Å²) in [4.78, 5) is 18.5. The normalized spacial score (nSPS) is 16.4. The maximum Gasteiger partial charge on any atom is 0.394 e. The van der Waals surface area contributed by atoms with Gasteiger partial charge in [-0.2, -0.15) is 12.8 Å². The highest BCUT2D eigenvalue weighted by Gasteiger charge is 2.32.